The summed E-state index contributed by atoms with van der Waals surface area (Å²) in [6.45, 7) is 7.14. The number of nitrogens with two attached hydrogens (primary N) is 1. The average molecular weight is 719 g/mol. The Morgan fingerprint density at radius 1 is 1.06 bits per heavy atom. The SMILES string of the molecule is CCCNC(=O)[C@@]1(OC(=O)c2ccco2)CCC2C3CCC4=CC(=Nc5cccc(C(=O)NCc6ccccc6)c5)C(=CN)C[C@]4(C)C3C(O)C[C@@]21C. The smallest absolute Gasteiger partial charge is 0.375 e. The van der Waals surface area contributed by atoms with E-state index in [1.165, 1.54) is 11.8 Å². The maximum atomic E-state index is 14.1. The fourth-order valence-electron chi connectivity index (χ4n) is 10.2. The van der Waals surface area contributed by atoms with Gasteiger partial charge in [0.1, 0.15) is 0 Å². The number of furan rings is 1. The Labute approximate surface area is 311 Å². The van der Waals surface area contributed by atoms with Crippen LogP contribution in [0.2, 0.25) is 0 Å². The van der Waals surface area contributed by atoms with Gasteiger partial charge in [0.15, 0.2) is 5.60 Å². The summed E-state index contributed by atoms with van der Waals surface area (Å²) < 4.78 is 11.6. The molecule has 278 valence electrons. The first kappa shape index (κ1) is 36.4. The lowest BCUT2D eigenvalue weighted by molar-refractivity contribution is -0.182. The third kappa shape index (κ3) is 6.41. The molecule has 10 heteroatoms. The minimum absolute atomic E-state index is 0.0437. The molecule has 3 aromatic rings. The van der Waals surface area contributed by atoms with Gasteiger partial charge in [-0.15, -0.1) is 0 Å². The molecule has 7 rings (SSSR count). The molecule has 5 N–H and O–H groups in total. The fourth-order valence-corrected chi connectivity index (χ4v) is 10.2. The van der Waals surface area contributed by atoms with Gasteiger partial charge >= 0.3 is 5.97 Å². The number of ether oxygens (including phenoxy) is 1. The number of nitrogens with zero attached hydrogens (tertiary/aromatic N) is 1. The maximum Gasteiger partial charge on any atom is 0.375 e. The van der Waals surface area contributed by atoms with Crippen LogP contribution < -0.4 is 16.4 Å². The standard InChI is InChI=1S/C43H50N4O6/c1-4-19-45-40(51)43(53-39(50)36-14-9-20-52-36)18-17-33-32-16-15-30-22-34(29(25-44)23-41(30,2)37(32)35(48)24-42(33,43)3)47-31-13-8-12-28(21-31)38(49)46-26-27-10-6-5-7-11-27/h5-14,20-22,25,32-33,35,37,48H,4,15-19,23-24,26,44H2,1-3H3,(H,45,51)(H,46,49)/t32?,33?,35?,37?,41-,42-,43-/m0/s1. The van der Waals surface area contributed by atoms with E-state index in [9.17, 15) is 19.5 Å². The number of esters is 1. The topological polar surface area (TPSA) is 156 Å². The Hall–Kier alpha value is -4.96. The number of aliphatic hydroxyl groups is 1. The summed E-state index contributed by atoms with van der Waals surface area (Å²) in [6.07, 6.45) is 8.77. The molecule has 2 amide bonds. The summed E-state index contributed by atoms with van der Waals surface area (Å²) in [4.78, 5) is 45.5. The van der Waals surface area contributed by atoms with Gasteiger partial charge in [-0.25, -0.2) is 9.79 Å². The molecule has 0 bridgehead atoms. The lowest BCUT2D eigenvalue weighted by Gasteiger charge is -2.60. The molecule has 1 heterocycles. The van der Waals surface area contributed by atoms with Crippen molar-refractivity contribution in [1.82, 2.24) is 10.6 Å². The normalized spacial score (nSPS) is 31.9. The number of amides is 2. The van der Waals surface area contributed by atoms with Crippen LogP contribution in [0.4, 0.5) is 5.69 Å². The van der Waals surface area contributed by atoms with E-state index in [0.29, 0.717) is 50.0 Å². The monoisotopic (exact) mass is 718 g/mol. The number of nitrogens with one attached hydrogen (secondary N) is 2. The maximum absolute atomic E-state index is 14.1. The first-order valence-electron chi connectivity index (χ1n) is 18.9. The quantitative estimate of drug-likeness (QED) is 0.178. The highest BCUT2D eigenvalue weighted by atomic mass is 16.6. The van der Waals surface area contributed by atoms with E-state index in [2.05, 4.69) is 23.6 Å². The van der Waals surface area contributed by atoms with Crippen LogP contribution in [0.5, 0.6) is 0 Å². The van der Waals surface area contributed by atoms with Crippen molar-refractivity contribution in [2.24, 2.45) is 39.3 Å². The Kier molecular flexibility index (Phi) is 9.93. The molecular formula is C43H50N4O6. The largest absolute Gasteiger partial charge is 0.457 e. The van der Waals surface area contributed by atoms with Crippen molar-refractivity contribution in [3.8, 4) is 0 Å². The highest BCUT2D eigenvalue weighted by Crippen LogP contribution is 2.68. The van der Waals surface area contributed by atoms with Crippen molar-refractivity contribution in [1.29, 1.82) is 0 Å². The van der Waals surface area contributed by atoms with Gasteiger partial charge < -0.3 is 30.6 Å². The Morgan fingerprint density at radius 3 is 2.60 bits per heavy atom. The van der Waals surface area contributed by atoms with Crippen LogP contribution in [0.15, 0.2) is 106 Å². The molecule has 4 unspecified atom stereocenters. The van der Waals surface area contributed by atoms with E-state index in [4.69, 9.17) is 19.9 Å². The predicted molar refractivity (Wildman–Crippen MR) is 202 cm³/mol. The second-order valence-electron chi connectivity index (χ2n) is 15.7. The van der Waals surface area contributed by atoms with Crippen LogP contribution in [0.3, 0.4) is 0 Å². The van der Waals surface area contributed by atoms with Crippen molar-refractivity contribution in [2.45, 2.75) is 84.0 Å². The van der Waals surface area contributed by atoms with Crippen LogP contribution in [-0.4, -0.2) is 46.9 Å². The number of fused-ring (bicyclic) bond motifs is 5. The molecule has 3 saturated carbocycles. The number of aliphatic imine (C=N–C) groups is 1. The Bertz CT molecular complexity index is 1950. The predicted octanol–water partition coefficient (Wildman–Crippen LogP) is 6.79. The number of allylic oxidation sites excluding steroid dienone is 3. The lowest BCUT2D eigenvalue weighted by atomic mass is 9.45. The minimum Gasteiger partial charge on any atom is -0.457 e. The van der Waals surface area contributed by atoms with Crippen molar-refractivity contribution >= 4 is 29.2 Å². The number of aliphatic hydroxyl groups excluding tert-OH is 1. The van der Waals surface area contributed by atoms with E-state index < -0.39 is 28.5 Å². The first-order chi connectivity index (χ1) is 25.5. The van der Waals surface area contributed by atoms with E-state index in [-0.39, 0.29) is 35.3 Å². The van der Waals surface area contributed by atoms with E-state index >= 15 is 0 Å². The van der Waals surface area contributed by atoms with Crippen molar-refractivity contribution in [3.05, 3.63) is 113 Å². The lowest BCUT2D eigenvalue weighted by Crippen LogP contribution is -2.64. The van der Waals surface area contributed by atoms with Crippen LogP contribution in [0, 0.1) is 28.6 Å². The number of hydrogen-bond acceptors (Lipinski definition) is 8. The van der Waals surface area contributed by atoms with Crippen LogP contribution in [-0.2, 0) is 16.1 Å². The summed E-state index contributed by atoms with van der Waals surface area (Å²) in [7, 11) is 0. The molecule has 53 heavy (non-hydrogen) atoms. The molecule has 0 radical (unpaired) electrons. The van der Waals surface area contributed by atoms with E-state index in [1.54, 1.807) is 30.5 Å². The number of benzene rings is 2. The van der Waals surface area contributed by atoms with E-state index in [0.717, 1.165) is 36.1 Å². The summed E-state index contributed by atoms with van der Waals surface area (Å²) in [6, 6.07) is 20.2. The van der Waals surface area contributed by atoms with Gasteiger partial charge in [-0.2, -0.15) is 0 Å². The molecule has 0 saturated heterocycles. The molecule has 7 atom stereocenters. The second-order valence-corrected chi connectivity index (χ2v) is 15.7. The zero-order valence-electron chi connectivity index (χ0n) is 30.8. The van der Waals surface area contributed by atoms with Gasteiger partial charge in [0.05, 0.1) is 23.8 Å². The summed E-state index contributed by atoms with van der Waals surface area (Å²) in [5, 5.41) is 18.3. The molecule has 3 fully saturated rings. The van der Waals surface area contributed by atoms with Gasteiger partial charge in [-0.1, -0.05) is 62.7 Å². The van der Waals surface area contributed by atoms with Crippen LogP contribution in [0.1, 0.15) is 92.2 Å². The fraction of sp³-hybridized carbons (Fsp3) is 0.442. The second kappa shape index (κ2) is 14.5. The first-order valence-corrected chi connectivity index (χ1v) is 18.9. The number of carbonyl (C=O) groups is 3. The molecule has 4 aliphatic carbocycles. The summed E-state index contributed by atoms with van der Waals surface area (Å²) in [5.74, 6) is -1.05. The Balaban J connectivity index is 1.15. The molecular weight excluding hydrogens is 668 g/mol. The highest BCUT2D eigenvalue weighted by Gasteiger charge is 2.71. The number of rotatable bonds is 9. The van der Waals surface area contributed by atoms with Crippen molar-refractivity contribution in [3.63, 3.8) is 0 Å². The third-order valence-corrected chi connectivity index (χ3v) is 12.7. The molecule has 0 spiro atoms. The zero-order chi connectivity index (χ0) is 37.4. The zero-order valence-corrected chi connectivity index (χ0v) is 30.8. The van der Waals surface area contributed by atoms with Gasteiger partial charge in [0, 0.05) is 24.1 Å². The number of hydrogen-bond donors (Lipinski definition) is 4. The van der Waals surface area contributed by atoms with Gasteiger partial charge in [0.2, 0.25) is 5.76 Å². The number of carbonyl (C=O) groups excluding carboxylic acids is 3. The Morgan fingerprint density at radius 2 is 1.87 bits per heavy atom. The van der Waals surface area contributed by atoms with Crippen LogP contribution in [0.25, 0.3) is 0 Å². The summed E-state index contributed by atoms with van der Waals surface area (Å²) >= 11 is 0. The van der Waals surface area contributed by atoms with Crippen molar-refractivity contribution in [2.75, 3.05) is 6.54 Å². The molecule has 10 nitrogen and oxygen atoms in total. The molecule has 2 aromatic carbocycles. The molecule has 1 aromatic heterocycles. The van der Waals surface area contributed by atoms with Gasteiger partial charge in [-0.3, -0.25) is 9.59 Å². The van der Waals surface area contributed by atoms with Crippen LogP contribution >= 0.6 is 0 Å². The van der Waals surface area contributed by atoms with Crippen molar-refractivity contribution < 1.29 is 28.6 Å². The van der Waals surface area contributed by atoms with Gasteiger partial charge in [-0.05, 0) is 122 Å². The minimum atomic E-state index is -1.44. The molecule has 4 aliphatic rings. The average Bonchev–Trinajstić information content (AvgIpc) is 3.80. The highest BCUT2D eigenvalue weighted by molar-refractivity contribution is 6.11. The van der Waals surface area contributed by atoms with E-state index in [1.807, 2.05) is 56.3 Å². The molecule has 0 aliphatic heterocycles. The third-order valence-electron chi connectivity index (χ3n) is 12.7. The van der Waals surface area contributed by atoms with Gasteiger partial charge in [0.25, 0.3) is 11.8 Å². The summed E-state index contributed by atoms with van der Waals surface area (Å²) in [5.41, 5.74) is 8.73.